The number of amides is 1. The highest BCUT2D eigenvalue weighted by molar-refractivity contribution is 6.07. The largest absolute Gasteiger partial charge is 0.338 e. The lowest BCUT2D eigenvalue weighted by molar-refractivity contribution is -0.136. The molecule has 152 valence electrons. The molecule has 0 spiro atoms. The first-order chi connectivity index (χ1) is 14.1. The van der Waals surface area contributed by atoms with Crippen molar-refractivity contribution in [1.29, 1.82) is 0 Å². The van der Waals surface area contributed by atoms with E-state index in [1.165, 1.54) is 6.33 Å². The SMILES string of the molecule is CC[C@@H](C(=O)N1CCN(Cc2ncn[nH]2)CC1)n1cc(C(C)=O)c2ccccc21. The highest BCUT2D eigenvalue weighted by atomic mass is 16.2. The second kappa shape index (κ2) is 8.16. The van der Waals surface area contributed by atoms with E-state index < -0.39 is 0 Å². The molecule has 1 aliphatic rings. The fourth-order valence-electron chi connectivity index (χ4n) is 4.09. The lowest BCUT2D eigenvalue weighted by Gasteiger charge is -2.36. The Hall–Kier alpha value is -3.00. The Morgan fingerprint density at radius 3 is 2.59 bits per heavy atom. The molecule has 0 radical (unpaired) electrons. The van der Waals surface area contributed by atoms with Gasteiger partial charge in [0.1, 0.15) is 18.2 Å². The summed E-state index contributed by atoms with van der Waals surface area (Å²) in [5.74, 6) is 0.970. The molecule has 1 N–H and O–H groups in total. The van der Waals surface area contributed by atoms with E-state index in [0.717, 1.165) is 29.8 Å². The van der Waals surface area contributed by atoms with E-state index in [2.05, 4.69) is 20.1 Å². The number of piperazine rings is 1. The molecule has 3 heterocycles. The molecular formula is C21H26N6O2. The Labute approximate surface area is 169 Å². The first-order valence-electron chi connectivity index (χ1n) is 10.0. The molecule has 2 aromatic heterocycles. The van der Waals surface area contributed by atoms with Crippen LogP contribution in [-0.2, 0) is 11.3 Å². The lowest BCUT2D eigenvalue weighted by Crippen LogP contribution is -2.50. The highest BCUT2D eigenvalue weighted by Gasteiger charge is 2.29. The summed E-state index contributed by atoms with van der Waals surface area (Å²) in [4.78, 5) is 33.8. The maximum atomic E-state index is 13.3. The van der Waals surface area contributed by atoms with Crippen LogP contribution in [0.4, 0.5) is 0 Å². The normalized spacial score (nSPS) is 16.3. The molecule has 1 aliphatic heterocycles. The Morgan fingerprint density at radius 2 is 1.93 bits per heavy atom. The quantitative estimate of drug-likeness (QED) is 0.648. The molecule has 8 nitrogen and oxygen atoms in total. The number of rotatable bonds is 6. The summed E-state index contributed by atoms with van der Waals surface area (Å²) in [5, 5.41) is 7.67. The van der Waals surface area contributed by atoms with E-state index in [0.29, 0.717) is 31.6 Å². The molecule has 29 heavy (non-hydrogen) atoms. The molecule has 8 heteroatoms. The van der Waals surface area contributed by atoms with Crippen LogP contribution in [0.1, 0.15) is 42.5 Å². The van der Waals surface area contributed by atoms with Crippen molar-refractivity contribution in [2.75, 3.05) is 26.2 Å². The van der Waals surface area contributed by atoms with Gasteiger partial charge in [0, 0.05) is 48.8 Å². The Morgan fingerprint density at radius 1 is 1.17 bits per heavy atom. The fourth-order valence-corrected chi connectivity index (χ4v) is 4.09. The average Bonchev–Trinajstić information content (AvgIpc) is 3.37. The zero-order chi connectivity index (χ0) is 20.4. The maximum Gasteiger partial charge on any atom is 0.245 e. The number of nitrogens with zero attached hydrogens (tertiary/aromatic N) is 5. The van der Waals surface area contributed by atoms with Gasteiger partial charge in [-0.05, 0) is 19.4 Å². The van der Waals surface area contributed by atoms with E-state index in [9.17, 15) is 9.59 Å². The Bertz CT molecular complexity index is 1000. The first kappa shape index (κ1) is 19.3. The van der Waals surface area contributed by atoms with Crippen molar-refractivity contribution in [3.8, 4) is 0 Å². The number of nitrogens with one attached hydrogen (secondary N) is 1. The first-order valence-corrected chi connectivity index (χ1v) is 10.0. The molecule has 0 saturated carbocycles. The fraction of sp³-hybridized carbons (Fsp3) is 0.429. The van der Waals surface area contributed by atoms with Gasteiger partial charge in [0.25, 0.3) is 0 Å². The molecule has 0 unspecified atom stereocenters. The van der Waals surface area contributed by atoms with Gasteiger partial charge >= 0.3 is 0 Å². The van der Waals surface area contributed by atoms with Gasteiger partial charge in [-0.2, -0.15) is 5.10 Å². The van der Waals surface area contributed by atoms with Crippen LogP contribution in [0.5, 0.6) is 0 Å². The number of hydrogen-bond donors (Lipinski definition) is 1. The summed E-state index contributed by atoms with van der Waals surface area (Å²) >= 11 is 0. The van der Waals surface area contributed by atoms with Crippen LogP contribution in [0.2, 0.25) is 0 Å². The second-order valence-electron chi connectivity index (χ2n) is 7.48. The molecule has 3 aromatic rings. The monoisotopic (exact) mass is 394 g/mol. The van der Waals surface area contributed by atoms with Crippen molar-refractivity contribution >= 4 is 22.6 Å². The van der Waals surface area contributed by atoms with E-state index >= 15 is 0 Å². The molecule has 1 amide bonds. The molecule has 1 fully saturated rings. The number of aromatic nitrogens is 4. The van der Waals surface area contributed by atoms with Gasteiger partial charge in [-0.15, -0.1) is 0 Å². The van der Waals surface area contributed by atoms with Crippen molar-refractivity contribution in [2.24, 2.45) is 0 Å². The van der Waals surface area contributed by atoms with Gasteiger partial charge < -0.3 is 9.47 Å². The minimum Gasteiger partial charge on any atom is -0.338 e. The van der Waals surface area contributed by atoms with E-state index in [-0.39, 0.29) is 17.7 Å². The number of benzene rings is 1. The predicted molar refractivity (Wildman–Crippen MR) is 110 cm³/mol. The third kappa shape index (κ3) is 3.80. The van der Waals surface area contributed by atoms with Gasteiger partial charge in [0.2, 0.25) is 5.91 Å². The standard InChI is InChI=1S/C21H26N6O2/c1-3-18(27-12-17(15(2)28)16-6-4-5-7-19(16)27)21(29)26-10-8-25(9-11-26)13-20-22-14-23-24-20/h4-7,12,14,18H,3,8-11,13H2,1-2H3,(H,22,23,24)/t18-/m0/s1. The zero-order valence-corrected chi connectivity index (χ0v) is 16.8. The van der Waals surface area contributed by atoms with Gasteiger partial charge in [-0.25, -0.2) is 4.98 Å². The topological polar surface area (TPSA) is 87.1 Å². The van der Waals surface area contributed by atoms with Gasteiger partial charge in [-0.3, -0.25) is 19.6 Å². The minimum atomic E-state index is -0.311. The summed E-state index contributed by atoms with van der Waals surface area (Å²) in [7, 11) is 0. The number of H-pyrrole nitrogens is 1. The van der Waals surface area contributed by atoms with Crippen molar-refractivity contribution in [2.45, 2.75) is 32.9 Å². The Balaban J connectivity index is 1.51. The highest BCUT2D eigenvalue weighted by Crippen LogP contribution is 2.28. The number of carbonyl (C=O) groups is 2. The van der Waals surface area contributed by atoms with Gasteiger partial charge in [0.05, 0.1) is 6.54 Å². The summed E-state index contributed by atoms with van der Waals surface area (Å²) in [6, 6.07) is 7.49. The van der Waals surface area contributed by atoms with E-state index in [4.69, 9.17) is 0 Å². The van der Waals surface area contributed by atoms with Gasteiger partial charge in [-0.1, -0.05) is 25.1 Å². The number of ketones is 1. The number of carbonyl (C=O) groups excluding carboxylic acids is 2. The van der Waals surface area contributed by atoms with Crippen molar-refractivity contribution in [3.05, 3.63) is 48.2 Å². The van der Waals surface area contributed by atoms with Crippen LogP contribution < -0.4 is 0 Å². The van der Waals surface area contributed by atoms with Crippen LogP contribution in [0.15, 0.2) is 36.8 Å². The summed E-state index contributed by atoms with van der Waals surface area (Å²) in [5.41, 5.74) is 1.60. The van der Waals surface area contributed by atoms with Crippen molar-refractivity contribution in [1.82, 2.24) is 29.5 Å². The van der Waals surface area contributed by atoms with Gasteiger partial charge in [0.15, 0.2) is 5.78 Å². The molecule has 1 aromatic carbocycles. The van der Waals surface area contributed by atoms with Crippen LogP contribution in [0, 0.1) is 0 Å². The number of Topliss-reactive ketones (excluding diaryl/α,β-unsaturated/α-hetero) is 1. The molecule has 0 bridgehead atoms. The number of fused-ring (bicyclic) bond motifs is 1. The number of para-hydroxylation sites is 1. The van der Waals surface area contributed by atoms with E-state index in [1.54, 1.807) is 6.92 Å². The number of hydrogen-bond acceptors (Lipinski definition) is 5. The molecule has 1 saturated heterocycles. The van der Waals surface area contributed by atoms with Crippen molar-refractivity contribution in [3.63, 3.8) is 0 Å². The predicted octanol–water partition coefficient (Wildman–Crippen LogP) is 2.26. The zero-order valence-electron chi connectivity index (χ0n) is 16.8. The van der Waals surface area contributed by atoms with Crippen molar-refractivity contribution < 1.29 is 9.59 Å². The Kier molecular flexibility index (Phi) is 5.44. The molecule has 4 rings (SSSR count). The lowest BCUT2D eigenvalue weighted by atomic mass is 10.1. The molecule has 1 atom stereocenters. The summed E-state index contributed by atoms with van der Waals surface area (Å²) in [6.45, 7) is 7.27. The average molecular weight is 394 g/mol. The van der Waals surface area contributed by atoms with Crippen LogP contribution in [-0.4, -0.2) is 67.4 Å². The number of aromatic amines is 1. The second-order valence-corrected chi connectivity index (χ2v) is 7.48. The third-order valence-corrected chi connectivity index (χ3v) is 5.65. The summed E-state index contributed by atoms with van der Waals surface area (Å²) < 4.78 is 1.98. The molecule has 0 aliphatic carbocycles. The van der Waals surface area contributed by atoms with E-state index in [1.807, 2.05) is 46.9 Å². The smallest absolute Gasteiger partial charge is 0.245 e. The third-order valence-electron chi connectivity index (χ3n) is 5.65. The minimum absolute atomic E-state index is 0.0169. The van der Waals surface area contributed by atoms with Crippen LogP contribution >= 0.6 is 0 Å². The van der Waals surface area contributed by atoms with Crippen LogP contribution in [0.25, 0.3) is 10.9 Å². The summed E-state index contributed by atoms with van der Waals surface area (Å²) in [6.07, 6.45) is 4.03. The maximum absolute atomic E-state index is 13.3. The molecular weight excluding hydrogens is 368 g/mol. The van der Waals surface area contributed by atoms with Crippen LogP contribution in [0.3, 0.4) is 0 Å².